The molecule has 0 radical (unpaired) electrons. The molecular formula is C22H22N4. The van der Waals surface area contributed by atoms with Crippen LogP contribution in [0.15, 0.2) is 73.2 Å². The number of rotatable bonds is 6. The Morgan fingerprint density at radius 3 is 2.65 bits per heavy atom. The smallest absolute Gasteiger partial charge is 0.0456 e. The molecule has 2 aromatic heterocycles. The van der Waals surface area contributed by atoms with Crippen LogP contribution in [0, 0.1) is 6.92 Å². The summed E-state index contributed by atoms with van der Waals surface area (Å²) in [6.07, 6.45) is 6.67. The van der Waals surface area contributed by atoms with Gasteiger partial charge in [0, 0.05) is 53.1 Å². The maximum absolute atomic E-state index is 4.04. The Morgan fingerprint density at radius 2 is 1.81 bits per heavy atom. The Hall–Kier alpha value is -3.27. The van der Waals surface area contributed by atoms with E-state index in [0.29, 0.717) is 0 Å². The molecule has 4 nitrogen and oxygen atoms in total. The molecule has 2 heterocycles. The number of benzene rings is 2. The number of hydrogen-bond donors (Lipinski definition) is 3. The second-order valence-electron chi connectivity index (χ2n) is 6.43. The fraction of sp³-hybridized carbons (Fsp3) is 0.136. The summed E-state index contributed by atoms with van der Waals surface area (Å²) < 4.78 is 0. The SMILES string of the molecule is Cc1cc(Nc2ccncc2)ccc1NCCc1c[nH]c2ccccc12. The van der Waals surface area contributed by atoms with Crippen LogP contribution in [0.25, 0.3) is 10.9 Å². The number of aromatic nitrogens is 2. The summed E-state index contributed by atoms with van der Waals surface area (Å²) in [5.41, 5.74) is 7.07. The van der Waals surface area contributed by atoms with E-state index in [4.69, 9.17) is 0 Å². The fourth-order valence-corrected chi connectivity index (χ4v) is 3.21. The lowest BCUT2D eigenvalue weighted by Crippen LogP contribution is -2.06. The summed E-state index contributed by atoms with van der Waals surface area (Å²) in [5, 5.41) is 8.26. The third kappa shape index (κ3) is 3.54. The van der Waals surface area contributed by atoms with Gasteiger partial charge in [0.1, 0.15) is 0 Å². The summed E-state index contributed by atoms with van der Waals surface area (Å²) in [6.45, 7) is 3.03. The van der Waals surface area contributed by atoms with E-state index >= 15 is 0 Å². The minimum Gasteiger partial charge on any atom is -0.384 e. The highest BCUT2D eigenvalue weighted by molar-refractivity contribution is 5.83. The number of aromatic amines is 1. The number of para-hydroxylation sites is 1. The first-order chi connectivity index (χ1) is 12.8. The van der Waals surface area contributed by atoms with Crippen molar-refractivity contribution < 1.29 is 0 Å². The van der Waals surface area contributed by atoms with Crippen LogP contribution in [0.4, 0.5) is 17.1 Å². The molecule has 2 aromatic carbocycles. The van der Waals surface area contributed by atoms with E-state index in [1.54, 1.807) is 12.4 Å². The maximum Gasteiger partial charge on any atom is 0.0456 e. The molecule has 3 N–H and O–H groups in total. The van der Waals surface area contributed by atoms with E-state index in [9.17, 15) is 0 Å². The monoisotopic (exact) mass is 342 g/mol. The van der Waals surface area contributed by atoms with Crippen LogP contribution >= 0.6 is 0 Å². The molecule has 0 fully saturated rings. The van der Waals surface area contributed by atoms with E-state index in [1.165, 1.54) is 27.7 Å². The third-order valence-corrected chi connectivity index (χ3v) is 4.58. The Labute approximate surface area is 153 Å². The molecule has 4 heteroatoms. The van der Waals surface area contributed by atoms with Crippen LogP contribution < -0.4 is 10.6 Å². The molecule has 0 aliphatic rings. The molecule has 0 aliphatic carbocycles. The molecule has 0 atom stereocenters. The second-order valence-corrected chi connectivity index (χ2v) is 6.43. The van der Waals surface area contributed by atoms with Crippen molar-refractivity contribution in [3.8, 4) is 0 Å². The number of nitrogens with zero attached hydrogens (tertiary/aromatic N) is 1. The number of H-pyrrole nitrogens is 1. The molecule has 130 valence electrons. The van der Waals surface area contributed by atoms with Gasteiger partial charge in [-0.1, -0.05) is 18.2 Å². The molecule has 0 aliphatic heterocycles. The van der Waals surface area contributed by atoms with Crippen molar-refractivity contribution in [1.82, 2.24) is 9.97 Å². The molecule has 26 heavy (non-hydrogen) atoms. The van der Waals surface area contributed by atoms with Crippen molar-refractivity contribution in [2.24, 2.45) is 0 Å². The van der Waals surface area contributed by atoms with Crippen LogP contribution in [0.5, 0.6) is 0 Å². The van der Waals surface area contributed by atoms with Crippen molar-refractivity contribution in [2.75, 3.05) is 17.2 Å². The van der Waals surface area contributed by atoms with Crippen LogP contribution in [-0.2, 0) is 6.42 Å². The van der Waals surface area contributed by atoms with Gasteiger partial charge in [-0.25, -0.2) is 0 Å². The quantitative estimate of drug-likeness (QED) is 0.447. The number of hydrogen-bond acceptors (Lipinski definition) is 3. The number of pyridine rings is 1. The average Bonchev–Trinajstić information content (AvgIpc) is 3.08. The minimum absolute atomic E-state index is 0.903. The predicted molar refractivity (Wildman–Crippen MR) is 109 cm³/mol. The molecule has 0 saturated carbocycles. The largest absolute Gasteiger partial charge is 0.384 e. The Bertz CT molecular complexity index is 1010. The topological polar surface area (TPSA) is 52.7 Å². The first kappa shape index (κ1) is 16.2. The van der Waals surface area contributed by atoms with E-state index in [1.807, 2.05) is 12.1 Å². The number of aryl methyl sites for hydroxylation is 1. The van der Waals surface area contributed by atoms with Crippen molar-refractivity contribution in [3.05, 3.63) is 84.3 Å². The highest BCUT2D eigenvalue weighted by atomic mass is 14.9. The van der Waals surface area contributed by atoms with E-state index in [-0.39, 0.29) is 0 Å². The molecule has 0 saturated heterocycles. The first-order valence-corrected chi connectivity index (χ1v) is 8.86. The van der Waals surface area contributed by atoms with Gasteiger partial charge in [-0.05, 0) is 60.9 Å². The molecule has 0 unspecified atom stereocenters. The molecule has 4 rings (SSSR count). The molecule has 0 bridgehead atoms. The van der Waals surface area contributed by atoms with Gasteiger partial charge in [-0.3, -0.25) is 4.98 Å². The average molecular weight is 342 g/mol. The zero-order valence-corrected chi connectivity index (χ0v) is 14.8. The fourth-order valence-electron chi connectivity index (χ4n) is 3.21. The van der Waals surface area contributed by atoms with Crippen LogP contribution in [-0.4, -0.2) is 16.5 Å². The van der Waals surface area contributed by atoms with E-state index < -0.39 is 0 Å². The van der Waals surface area contributed by atoms with Gasteiger partial charge < -0.3 is 15.6 Å². The van der Waals surface area contributed by atoms with Gasteiger partial charge in [0.2, 0.25) is 0 Å². The summed E-state index contributed by atoms with van der Waals surface area (Å²) in [4.78, 5) is 7.38. The third-order valence-electron chi connectivity index (χ3n) is 4.58. The zero-order chi connectivity index (χ0) is 17.8. The van der Waals surface area contributed by atoms with E-state index in [0.717, 1.165) is 24.3 Å². The summed E-state index contributed by atoms with van der Waals surface area (Å²) in [6, 6.07) is 18.8. The standard InChI is InChI=1S/C22H22N4/c1-16-14-19(26-18-9-11-23-12-10-18)6-7-21(16)24-13-8-17-15-25-22-5-3-2-4-20(17)22/h2-7,9-12,14-15,24-25H,8,13H2,1H3,(H,23,26). The Balaban J connectivity index is 1.39. The van der Waals surface area contributed by atoms with Gasteiger partial charge >= 0.3 is 0 Å². The molecule has 4 aromatic rings. The van der Waals surface area contributed by atoms with Gasteiger partial charge in [-0.2, -0.15) is 0 Å². The summed E-state index contributed by atoms with van der Waals surface area (Å²) >= 11 is 0. The lowest BCUT2D eigenvalue weighted by atomic mass is 10.1. The first-order valence-electron chi connectivity index (χ1n) is 8.86. The molecular weight excluding hydrogens is 320 g/mol. The molecule has 0 amide bonds. The predicted octanol–water partition coefficient (Wildman–Crippen LogP) is 5.27. The Morgan fingerprint density at radius 1 is 0.962 bits per heavy atom. The highest BCUT2D eigenvalue weighted by Crippen LogP contribution is 2.23. The highest BCUT2D eigenvalue weighted by Gasteiger charge is 2.04. The minimum atomic E-state index is 0.903. The lowest BCUT2D eigenvalue weighted by molar-refractivity contribution is 1.03. The van der Waals surface area contributed by atoms with Gasteiger partial charge in [0.25, 0.3) is 0 Å². The van der Waals surface area contributed by atoms with Crippen molar-refractivity contribution in [3.63, 3.8) is 0 Å². The second kappa shape index (κ2) is 7.31. The van der Waals surface area contributed by atoms with Crippen LogP contribution in [0.1, 0.15) is 11.1 Å². The van der Waals surface area contributed by atoms with Crippen molar-refractivity contribution >= 4 is 28.0 Å². The number of fused-ring (bicyclic) bond motifs is 1. The van der Waals surface area contributed by atoms with Gasteiger partial charge in [0.05, 0.1) is 0 Å². The zero-order valence-electron chi connectivity index (χ0n) is 14.8. The number of anilines is 3. The summed E-state index contributed by atoms with van der Waals surface area (Å²) in [5.74, 6) is 0. The van der Waals surface area contributed by atoms with Gasteiger partial charge in [-0.15, -0.1) is 0 Å². The van der Waals surface area contributed by atoms with E-state index in [2.05, 4.69) is 76.2 Å². The number of nitrogens with one attached hydrogen (secondary N) is 3. The van der Waals surface area contributed by atoms with Crippen LogP contribution in [0.3, 0.4) is 0 Å². The Kier molecular flexibility index (Phi) is 4.56. The van der Waals surface area contributed by atoms with Crippen molar-refractivity contribution in [1.29, 1.82) is 0 Å². The van der Waals surface area contributed by atoms with Crippen molar-refractivity contribution in [2.45, 2.75) is 13.3 Å². The summed E-state index contributed by atoms with van der Waals surface area (Å²) in [7, 11) is 0. The lowest BCUT2D eigenvalue weighted by Gasteiger charge is -2.12. The normalized spacial score (nSPS) is 10.8. The maximum atomic E-state index is 4.04. The molecule has 0 spiro atoms. The van der Waals surface area contributed by atoms with Gasteiger partial charge in [0.15, 0.2) is 0 Å². The van der Waals surface area contributed by atoms with Crippen LogP contribution in [0.2, 0.25) is 0 Å².